The summed E-state index contributed by atoms with van der Waals surface area (Å²) in [6.45, 7) is 6.23. The quantitative estimate of drug-likeness (QED) is 0.749. The minimum Gasteiger partial charge on any atom is -0.450 e. The summed E-state index contributed by atoms with van der Waals surface area (Å²) in [5.41, 5.74) is 1.59. The molecule has 0 N–H and O–H groups in total. The highest BCUT2D eigenvalue weighted by atomic mass is 19.3. The lowest BCUT2D eigenvalue weighted by atomic mass is 9.76. The Labute approximate surface area is 151 Å². The molecule has 2 bridgehead atoms. The Kier molecular flexibility index (Phi) is 3.56. The second-order valence-electron chi connectivity index (χ2n) is 7.97. The second kappa shape index (κ2) is 5.38. The Morgan fingerprint density at radius 2 is 2.12 bits per heavy atom. The van der Waals surface area contributed by atoms with E-state index in [1.165, 1.54) is 23.5 Å². The van der Waals surface area contributed by atoms with Crippen LogP contribution in [-0.2, 0) is 17.4 Å². The third kappa shape index (κ3) is 2.04. The predicted molar refractivity (Wildman–Crippen MR) is 92.2 cm³/mol. The number of ether oxygens (including phenoxy) is 1. The van der Waals surface area contributed by atoms with Crippen molar-refractivity contribution in [2.24, 2.45) is 12.5 Å². The molecule has 0 amide bonds. The number of carbonyl (C=O) groups is 1. The number of nitrogens with zero attached hydrogens (tertiary/aromatic N) is 2. The van der Waals surface area contributed by atoms with E-state index in [4.69, 9.17) is 4.74 Å². The molecule has 6 heteroatoms. The fraction of sp³-hybridized carbons (Fsp3) is 0.500. The summed E-state index contributed by atoms with van der Waals surface area (Å²) in [5.74, 6) is -0.424. The predicted octanol–water partition coefficient (Wildman–Crippen LogP) is 4.64. The summed E-state index contributed by atoms with van der Waals surface area (Å²) in [5, 5.41) is 3.73. The number of aryl methyl sites for hydroxylation is 2. The van der Waals surface area contributed by atoms with Crippen LogP contribution in [0.15, 0.2) is 24.4 Å². The van der Waals surface area contributed by atoms with Crippen molar-refractivity contribution in [2.45, 2.75) is 51.6 Å². The molecule has 2 atom stereocenters. The first-order valence-electron chi connectivity index (χ1n) is 8.84. The van der Waals surface area contributed by atoms with Crippen LogP contribution in [-0.4, -0.2) is 15.7 Å². The number of hydrogen-bond donors (Lipinski definition) is 0. The van der Waals surface area contributed by atoms with Crippen LogP contribution in [0.2, 0.25) is 0 Å². The van der Waals surface area contributed by atoms with Gasteiger partial charge >= 0.3 is 5.97 Å². The van der Waals surface area contributed by atoms with Gasteiger partial charge in [0.15, 0.2) is 0 Å². The molecule has 2 aromatic rings. The van der Waals surface area contributed by atoms with Crippen LogP contribution in [0.5, 0.6) is 0 Å². The molecule has 2 unspecified atom stereocenters. The molecular formula is C20H22F2N2O2. The molecule has 2 aliphatic rings. The van der Waals surface area contributed by atoms with Crippen molar-refractivity contribution in [1.29, 1.82) is 0 Å². The Morgan fingerprint density at radius 1 is 1.38 bits per heavy atom. The van der Waals surface area contributed by atoms with Crippen LogP contribution in [0.1, 0.15) is 71.8 Å². The molecule has 0 aliphatic heterocycles. The maximum Gasteiger partial charge on any atom is 0.342 e. The van der Waals surface area contributed by atoms with E-state index in [-0.39, 0.29) is 11.0 Å². The molecule has 4 rings (SSSR count). The summed E-state index contributed by atoms with van der Waals surface area (Å²) in [6.07, 6.45) is 0.121. The van der Waals surface area contributed by atoms with Gasteiger partial charge in [0.1, 0.15) is 16.9 Å². The van der Waals surface area contributed by atoms with Crippen molar-refractivity contribution < 1.29 is 18.3 Å². The Balaban J connectivity index is 1.80. The first kappa shape index (κ1) is 17.2. The van der Waals surface area contributed by atoms with E-state index in [2.05, 4.69) is 25.0 Å². The van der Waals surface area contributed by atoms with Gasteiger partial charge in [-0.2, -0.15) is 5.10 Å². The average molecular weight is 360 g/mol. The number of carbonyl (C=O) groups excluding carboxylic acids is 1. The average Bonchev–Trinajstić information content (AvgIpc) is 3.12. The molecule has 0 spiro atoms. The summed E-state index contributed by atoms with van der Waals surface area (Å²) in [6, 6.07) is 6.13. The van der Waals surface area contributed by atoms with Gasteiger partial charge in [-0.15, -0.1) is 0 Å². The first-order valence-corrected chi connectivity index (χ1v) is 8.84. The van der Waals surface area contributed by atoms with Crippen LogP contribution in [0.3, 0.4) is 0 Å². The van der Waals surface area contributed by atoms with Gasteiger partial charge in [0, 0.05) is 24.2 Å². The first-order chi connectivity index (χ1) is 12.2. The number of rotatable bonds is 3. The zero-order valence-electron chi connectivity index (χ0n) is 15.3. The molecule has 1 aromatic carbocycles. The number of alkyl halides is 2. The molecule has 1 saturated carbocycles. The molecule has 4 nitrogen and oxygen atoms in total. The van der Waals surface area contributed by atoms with Crippen molar-refractivity contribution in [1.82, 2.24) is 9.78 Å². The Hall–Kier alpha value is -2.24. The number of aromatic nitrogens is 2. The maximum absolute atomic E-state index is 13.3. The van der Waals surface area contributed by atoms with E-state index in [9.17, 15) is 13.6 Å². The van der Waals surface area contributed by atoms with E-state index in [0.29, 0.717) is 12.3 Å². The minimum atomic E-state index is -2.82. The van der Waals surface area contributed by atoms with Crippen LogP contribution in [0.4, 0.5) is 8.78 Å². The highest BCUT2D eigenvalue weighted by Gasteiger charge is 2.65. The summed E-state index contributed by atoms with van der Waals surface area (Å²) in [7, 11) is 1.52. The monoisotopic (exact) mass is 360 g/mol. The topological polar surface area (TPSA) is 44.1 Å². The molecule has 2 aliphatic carbocycles. The Bertz CT molecular complexity index is 903. The molecule has 1 aromatic heterocycles. The fourth-order valence-electron chi connectivity index (χ4n) is 5.11. The van der Waals surface area contributed by atoms with Crippen LogP contribution in [0.25, 0.3) is 0 Å². The molecule has 138 valence electrons. The highest BCUT2D eigenvalue weighted by molar-refractivity contribution is 5.91. The van der Waals surface area contributed by atoms with Crippen molar-refractivity contribution in [3.05, 3.63) is 52.3 Å². The van der Waals surface area contributed by atoms with Crippen LogP contribution >= 0.6 is 0 Å². The molecule has 0 saturated heterocycles. The van der Waals surface area contributed by atoms with Crippen LogP contribution < -0.4 is 0 Å². The molecule has 0 radical (unpaired) electrons. The normalized spacial score (nSPS) is 25.6. The zero-order chi connectivity index (χ0) is 18.9. The standard InChI is InChI=1S/C20H22F2N2O2/c1-11-6-5-7-12-14-8-9-20(15(11)12,19(14,2)3)26-18(25)13-10-24(4)23-16(13)17(21)22/h5-7,10,14,17H,8-9H2,1-4H3. The smallest absolute Gasteiger partial charge is 0.342 e. The van der Waals surface area contributed by atoms with E-state index in [1.807, 2.05) is 19.1 Å². The van der Waals surface area contributed by atoms with Gasteiger partial charge in [-0.05, 0) is 36.8 Å². The van der Waals surface area contributed by atoms with Crippen molar-refractivity contribution in [3.63, 3.8) is 0 Å². The summed E-state index contributed by atoms with van der Waals surface area (Å²) < 4.78 is 33.8. The van der Waals surface area contributed by atoms with Gasteiger partial charge in [-0.25, -0.2) is 13.6 Å². The third-order valence-electron chi connectivity index (χ3n) is 6.33. The zero-order valence-corrected chi connectivity index (χ0v) is 15.3. The van der Waals surface area contributed by atoms with Gasteiger partial charge in [0.2, 0.25) is 0 Å². The van der Waals surface area contributed by atoms with E-state index < -0.39 is 23.7 Å². The number of esters is 1. The SMILES string of the molecule is Cc1cccc2c1C1(OC(=O)c3cn(C)nc3C(F)F)CCC2C1(C)C. The van der Waals surface area contributed by atoms with Gasteiger partial charge in [-0.3, -0.25) is 4.68 Å². The molecule has 1 heterocycles. The second-order valence-corrected chi connectivity index (χ2v) is 7.97. The fourth-order valence-corrected chi connectivity index (χ4v) is 5.11. The maximum atomic E-state index is 13.3. The van der Waals surface area contributed by atoms with Crippen molar-refractivity contribution in [2.75, 3.05) is 0 Å². The van der Waals surface area contributed by atoms with Crippen molar-refractivity contribution >= 4 is 5.97 Å². The number of benzene rings is 1. The van der Waals surface area contributed by atoms with E-state index >= 15 is 0 Å². The van der Waals surface area contributed by atoms with Gasteiger partial charge in [0.25, 0.3) is 6.43 Å². The number of fused-ring (bicyclic) bond motifs is 5. The van der Waals surface area contributed by atoms with Crippen LogP contribution in [0, 0.1) is 12.3 Å². The lowest BCUT2D eigenvalue weighted by Gasteiger charge is -2.38. The largest absolute Gasteiger partial charge is 0.450 e. The van der Waals surface area contributed by atoms with Gasteiger partial charge in [0.05, 0.1) is 0 Å². The van der Waals surface area contributed by atoms with Gasteiger partial charge in [-0.1, -0.05) is 32.0 Å². The number of hydrogen-bond acceptors (Lipinski definition) is 3. The minimum absolute atomic E-state index is 0.154. The highest BCUT2D eigenvalue weighted by Crippen LogP contribution is 2.69. The lowest BCUT2D eigenvalue weighted by molar-refractivity contribution is -0.0688. The summed E-state index contributed by atoms with van der Waals surface area (Å²) >= 11 is 0. The van der Waals surface area contributed by atoms with E-state index in [0.717, 1.165) is 17.5 Å². The van der Waals surface area contributed by atoms with Gasteiger partial charge < -0.3 is 4.74 Å². The molecule has 26 heavy (non-hydrogen) atoms. The van der Waals surface area contributed by atoms with Crippen molar-refractivity contribution in [3.8, 4) is 0 Å². The third-order valence-corrected chi connectivity index (χ3v) is 6.33. The summed E-state index contributed by atoms with van der Waals surface area (Å²) in [4.78, 5) is 12.9. The lowest BCUT2D eigenvalue weighted by Crippen LogP contribution is -2.40. The molecule has 1 fully saturated rings. The Morgan fingerprint density at radius 3 is 2.81 bits per heavy atom. The van der Waals surface area contributed by atoms with E-state index in [1.54, 1.807) is 0 Å². The number of halogens is 2. The molecular weight excluding hydrogens is 338 g/mol.